The number of hydrogen-bond acceptors (Lipinski definition) is 4. The van der Waals surface area contributed by atoms with Crippen molar-refractivity contribution in [2.45, 2.75) is 57.7 Å². The van der Waals surface area contributed by atoms with Crippen LogP contribution in [0.2, 0.25) is 0 Å². The number of amides is 1. The van der Waals surface area contributed by atoms with E-state index in [1.807, 2.05) is 9.47 Å². The molecule has 6 heteroatoms. The molecular weight excluding hydrogens is 308 g/mol. The minimum Gasteiger partial charge on any atom is -0.487 e. The van der Waals surface area contributed by atoms with Gasteiger partial charge >= 0.3 is 0 Å². The molecule has 0 saturated carbocycles. The van der Waals surface area contributed by atoms with Gasteiger partial charge in [0.15, 0.2) is 17.7 Å². The lowest BCUT2D eigenvalue weighted by molar-refractivity contribution is -0.0685. The Kier molecular flexibility index (Phi) is 4.08. The van der Waals surface area contributed by atoms with Crippen LogP contribution < -0.4 is 10.2 Å². The third kappa shape index (κ3) is 2.35. The van der Waals surface area contributed by atoms with Crippen LogP contribution >= 0.6 is 0 Å². The van der Waals surface area contributed by atoms with E-state index in [1.165, 1.54) is 0 Å². The molecule has 1 fully saturated rings. The standard InChI is InChI=1S/C18H24N2O4/c1-2-3-9-23-16-14(21)11-12-6-7-13-18-19(8-4-5-10-24-18)17(22)15(16)20(12)13/h11,13,18H,2-10H2,1H3. The number of carbonyl (C=O) groups is 1. The number of fused-ring (bicyclic) bond motifs is 2. The molecule has 1 saturated heterocycles. The Labute approximate surface area is 141 Å². The minimum absolute atomic E-state index is 0.0972. The van der Waals surface area contributed by atoms with Gasteiger partial charge in [-0.3, -0.25) is 9.59 Å². The summed E-state index contributed by atoms with van der Waals surface area (Å²) in [5.74, 6) is 0.109. The number of carbonyl (C=O) groups excluding carboxylic acids is 1. The molecule has 3 aliphatic heterocycles. The van der Waals surface area contributed by atoms with Gasteiger partial charge < -0.3 is 18.9 Å². The van der Waals surface area contributed by atoms with Gasteiger partial charge in [-0.15, -0.1) is 0 Å². The van der Waals surface area contributed by atoms with Crippen LogP contribution in [-0.4, -0.2) is 41.4 Å². The average Bonchev–Trinajstić information content (AvgIpc) is 2.82. The summed E-state index contributed by atoms with van der Waals surface area (Å²) in [7, 11) is 0. The SMILES string of the molecule is CCCCOc1c2n3c(cc1=O)CCC3C1OCCCCN1C2=O. The number of aromatic nitrogens is 1. The monoisotopic (exact) mass is 332 g/mol. The first kappa shape index (κ1) is 15.7. The van der Waals surface area contributed by atoms with Gasteiger partial charge in [-0.05, 0) is 32.1 Å². The molecule has 3 aliphatic rings. The molecule has 130 valence electrons. The summed E-state index contributed by atoms with van der Waals surface area (Å²) >= 11 is 0. The highest BCUT2D eigenvalue weighted by Crippen LogP contribution is 2.40. The summed E-state index contributed by atoms with van der Waals surface area (Å²) in [6, 6.07) is 1.74. The summed E-state index contributed by atoms with van der Waals surface area (Å²) < 4.78 is 13.8. The van der Waals surface area contributed by atoms with Crippen molar-refractivity contribution in [2.75, 3.05) is 19.8 Å². The first-order valence-corrected chi connectivity index (χ1v) is 9.06. The van der Waals surface area contributed by atoms with Crippen molar-refractivity contribution < 1.29 is 14.3 Å². The van der Waals surface area contributed by atoms with Crippen molar-refractivity contribution >= 4 is 5.91 Å². The fourth-order valence-electron chi connectivity index (χ4n) is 4.06. The van der Waals surface area contributed by atoms with Gasteiger partial charge in [0.25, 0.3) is 5.91 Å². The molecule has 2 unspecified atom stereocenters. The van der Waals surface area contributed by atoms with Crippen LogP contribution in [-0.2, 0) is 11.2 Å². The third-order valence-corrected chi connectivity index (χ3v) is 5.24. The lowest BCUT2D eigenvalue weighted by Gasteiger charge is -2.40. The van der Waals surface area contributed by atoms with Crippen LogP contribution in [0.5, 0.6) is 5.75 Å². The fourth-order valence-corrected chi connectivity index (χ4v) is 4.06. The molecule has 24 heavy (non-hydrogen) atoms. The second-order valence-corrected chi connectivity index (χ2v) is 6.82. The summed E-state index contributed by atoms with van der Waals surface area (Å²) in [6.07, 6.45) is 5.26. The van der Waals surface area contributed by atoms with E-state index in [0.29, 0.717) is 25.5 Å². The van der Waals surface area contributed by atoms with Crippen molar-refractivity contribution in [1.82, 2.24) is 9.47 Å². The summed E-state index contributed by atoms with van der Waals surface area (Å²) in [6.45, 7) is 3.92. The van der Waals surface area contributed by atoms with Crippen molar-refractivity contribution in [2.24, 2.45) is 0 Å². The van der Waals surface area contributed by atoms with Crippen molar-refractivity contribution in [1.29, 1.82) is 0 Å². The largest absolute Gasteiger partial charge is 0.487 e. The summed E-state index contributed by atoms with van der Waals surface area (Å²) in [4.78, 5) is 27.5. The number of nitrogens with zero attached hydrogens (tertiary/aromatic N) is 2. The molecule has 1 aromatic rings. The molecule has 1 aromatic heterocycles. The number of hydrogen-bond donors (Lipinski definition) is 0. The quantitative estimate of drug-likeness (QED) is 0.792. The normalized spacial score (nSPS) is 25.2. The highest BCUT2D eigenvalue weighted by atomic mass is 16.5. The Morgan fingerprint density at radius 1 is 1.33 bits per heavy atom. The Balaban J connectivity index is 1.81. The maximum atomic E-state index is 13.1. The molecular formula is C18H24N2O4. The summed E-state index contributed by atoms with van der Waals surface area (Å²) in [5.41, 5.74) is 1.21. The number of pyridine rings is 1. The highest BCUT2D eigenvalue weighted by Gasteiger charge is 2.46. The van der Waals surface area contributed by atoms with Crippen LogP contribution in [0.3, 0.4) is 0 Å². The van der Waals surface area contributed by atoms with Crippen LogP contribution in [0.4, 0.5) is 0 Å². The number of unbranched alkanes of at least 4 members (excludes halogenated alkanes) is 1. The van der Waals surface area contributed by atoms with E-state index in [1.54, 1.807) is 6.07 Å². The molecule has 0 spiro atoms. The van der Waals surface area contributed by atoms with Gasteiger partial charge in [0.2, 0.25) is 5.43 Å². The summed E-state index contributed by atoms with van der Waals surface area (Å²) in [5, 5.41) is 0. The molecule has 0 N–H and O–H groups in total. The Morgan fingerprint density at radius 2 is 2.21 bits per heavy atom. The van der Waals surface area contributed by atoms with E-state index in [0.717, 1.165) is 44.2 Å². The van der Waals surface area contributed by atoms with Crippen LogP contribution in [0, 0.1) is 0 Å². The van der Waals surface area contributed by atoms with Crippen LogP contribution in [0.25, 0.3) is 0 Å². The molecule has 0 aliphatic carbocycles. The zero-order valence-corrected chi connectivity index (χ0v) is 14.1. The second-order valence-electron chi connectivity index (χ2n) is 6.82. The van der Waals surface area contributed by atoms with Crippen LogP contribution in [0.1, 0.15) is 61.3 Å². The first-order chi connectivity index (χ1) is 11.7. The van der Waals surface area contributed by atoms with E-state index in [4.69, 9.17) is 9.47 Å². The zero-order valence-electron chi connectivity index (χ0n) is 14.1. The number of rotatable bonds is 4. The Hall–Kier alpha value is -1.82. The number of aryl methyl sites for hydroxylation is 1. The van der Waals surface area contributed by atoms with E-state index < -0.39 is 0 Å². The minimum atomic E-state index is -0.209. The van der Waals surface area contributed by atoms with Gasteiger partial charge in [0.1, 0.15) is 0 Å². The van der Waals surface area contributed by atoms with Crippen molar-refractivity contribution in [3.8, 4) is 5.75 Å². The molecule has 6 nitrogen and oxygen atoms in total. The van der Waals surface area contributed by atoms with Gasteiger partial charge in [0.05, 0.1) is 12.6 Å². The number of ether oxygens (including phenoxy) is 2. The molecule has 1 amide bonds. The fraction of sp³-hybridized carbons (Fsp3) is 0.667. The van der Waals surface area contributed by atoms with Gasteiger partial charge in [-0.25, -0.2) is 0 Å². The second kappa shape index (κ2) is 6.24. The van der Waals surface area contributed by atoms with Crippen molar-refractivity contribution in [3.05, 3.63) is 27.7 Å². The molecule has 4 heterocycles. The van der Waals surface area contributed by atoms with Gasteiger partial charge in [-0.1, -0.05) is 13.3 Å². The molecule has 0 aromatic carbocycles. The van der Waals surface area contributed by atoms with E-state index >= 15 is 0 Å². The molecule has 0 bridgehead atoms. The molecule has 0 radical (unpaired) electrons. The molecule has 4 rings (SSSR count). The van der Waals surface area contributed by atoms with Gasteiger partial charge in [-0.2, -0.15) is 0 Å². The first-order valence-electron chi connectivity index (χ1n) is 9.06. The highest BCUT2D eigenvalue weighted by molar-refractivity contribution is 5.96. The van der Waals surface area contributed by atoms with E-state index in [9.17, 15) is 9.59 Å². The smallest absolute Gasteiger partial charge is 0.276 e. The maximum absolute atomic E-state index is 13.1. The maximum Gasteiger partial charge on any atom is 0.276 e. The van der Waals surface area contributed by atoms with E-state index in [-0.39, 0.29) is 29.4 Å². The van der Waals surface area contributed by atoms with Crippen molar-refractivity contribution in [3.63, 3.8) is 0 Å². The lowest BCUT2D eigenvalue weighted by Crippen LogP contribution is -2.51. The topological polar surface area (TPSA) is 60.8 Å². The zero-order chi connectivity index (χ0) is 16.7. The Bertz CT molecular complexity index is 712. The predicted octanol–water partition coefficient (Wildman–Crippen LogP) is 2.11. The lowest BCUT2D eigenvalue weighted by atomic mass is 10.1. The van der Waals surface area contributed by atoms with E-state index in [2.05, 4.69) is 6.92 Å². The third-order valence-electron chi connectivity index (χ3n) is 5.24. The predicted molar refractivity (Wildman–Crippen MR) is 88.5 cm³/mol. The van der Waals surface area contributed by atoms with Gasteiger partial charge in [0, 0.05) is 24.9 Å². The Morgan fingerprint density at radius 3 is 3.04 bits per heavy atom. The molecule has 2 atom stereocenters. The van der Waals surface area contributed by atoms with Crippen LogP contribution in [0.15, 0.2) is 10.9 Å². The average molecular weight is 332 g/mol.